The molecule has 2 heteroatoms. The molecule has 0 aliphatic carbocycles. The van der Waals surface area contributed by atoms with E-state index in [0.29, 0.717) is 12.3 Å². The molecule has 160 valence electrons. The second-order valence-corrected chi connectivity index (χ2v) is 12.1. The Morgan fingerprint density at radius 3 is 1.41 bits per heavy atom. The van der Waals surface area contributed by atoms with Crippen LogP contribution in [0, 0.1) is 0 Å². The van der Waals surface area contributed by atoms with Gasteiger partial charge in [-0.1, -0.05) is 92.7 Å². The van der Waals surface area contributed by atoms with Crippen molar-refractivity contribution >= 4 is 29.0 Å². The second-order valence-electron chi connectivity index (χ2n) is 8.49. The van der Waals surface area contributed by atoms with Gasteiger partial charge in [0.1, 0.15) is 23.2 Å². The van der Waals surface area contributed by atoms with Crippen molar-refractivity contribution in [2.75, 3.05) is 6.16 Å². The Morgan fingerprint density at radius 2 is 1.03 bits per heavy atom. The molecule has 4 aromatic carbocycles. The number of carbonyl (C=O) groups excluding carboxylic acids is 1. The summed E-state index contributed by atoms with van der Waals surface area (Å²) in [6, 6.07) is 40.4. The zero-order valence-corrected chi connectivity index (χ0v) is 19.7. The first kappa shape index (κ1) is 22.2. The van der Waals surface area contributed by atoms with E-state index in [9.17, 15) is 4.79 Å². The van der Waals surface area contributed by atoms with Crippen molar-refractivity contribution < 1.29 is 4.79 Å². The van der Waals surface area contributed by atoms with E-state index in [4.69, 9.17) is 0 Å². The lowest BCUT2D eigenvalue weighted by molar-refractivity contribution is 0.0989. The summed E-state index contributed by atoms with van der Waals surface area (Å²) in [5, 5.41) is 3.96. The van der Waals surface area contributed by atoms with Crippen LogP contribution >= 0.6 is 7.26 Å². The number of Topliss-reactive ketones (excluding diaryl/α,β-unsaturated/α-hetero) is 1. The number of ketones is 1. The molecule has 0 aromatic heterocycles. The van der Waals surface area contributed by atoms with E-state index in [-0.39, 0.29) is 5.78 Å². The topological polar surface area (TPSA) is 17.1 Å². The molecule has 4 rings (SSSR count). The van der Waals surface area contributed by atoms with Gasteiger partial charge in [-0.15, -0.1) is 0 Å². The lowest BCUT2D eigenvalue weighted by Crippen LogP contribution is -2.34. The normalized spacial score (nSPS) is 11.5. The summed E-state index contributed by atoms with van der Waals surface area (Å²) >= 11 is 0. The molecule has 0 spiro atoms. The van der Waals surface area contributed by atoms with Gasteiger partial charge < -0.3 is 0 Å². The molecule has 0 bridgehead atoms. The average Bonchev–Trinajstić information content (AvgIpc) is 2.86. The zero-order valence-electron chi connectivity index (χ0n) is 18.8. The van der Waals surface area contributed by atoms with E-state index in [0.717, 1.165) is 11.7 Å². The van der Waals surface area contributed by atoms with Crippen LogP contribution in [0.1, 0.15) is 42.1 Å². The molecule has 0 unspecified atom stereocenters. The number of benzene rings is 4. The summed E-state index contributed by atoms with van der Waals surface area (Å²) in [6.07, 6.45) is 1.34. The zero-order chi connectivity index (χ0) is 22.4. The van der Waals surface area contributed by atoms with Crippen molar-refractivity contribution in [1.82, 2.24) is 0 Å². The molecule has 0 N–H and O–H groups in total. The van der Waals surface area contributed by atoms with Crippen molar-refractivity contribution in [3.63, 3.8) is 0 Å². The third-order valence-corrected chi connectivity index (χ3v) is 10.6. The summed E-state index contributed by atoms with van der Waals surface area (Å²) in [4.78, 5) is 13.3. The smallest absolute Gasteiger partial charge is 0.166 e. The Kier molecular flexibility index (Phi) is 6.98. The molecule has 0 aliphatic rings. The van der Waals surface area contributed by atoms with Gasteiger partial charge in [0.25, 0.3) is 0 Å². The molecule has 0 saturated heterocycles. The molecular formula is C30H30OP+. The quantitative estimate of drug-likeness (QED) is 0.231. The minimum atomic E-state index is -1.97. The van der Waals surface area contributed by atoms with Crippen LogP contribution in [0.25, 0.3) is 0 Å². The standard InChI is InChI=1S/C30H30OP/c1-24(2)25-18-20-26(21-19-25)30(31)22-23-32(27-12-6-3-7-13-27,28-14-8-4-9-15-28)29-16-10-5-11-17-29/h3-21,24H,22-23H2,1-2H3/q+1. The molecule has 0 heterocycles. The van der Waals surface area contributed by atoms with E-state index in [1.54, 1.807) is 0 Å². The van der Waals surface area contributed by atoms with Crippen LogP contribution in [0.2, 0.25) is 0 Å². The Labute approximate surface area is 192 Å². The van der Waals surface area contributed by atoms with Gasteiger partial charge >= 0.3 is 0 Å². The van der Waals surface area contributed by atoms with E-state index in [1.165, 1.54) is 21.5 Å². The number of hydrogen-bond acceptors (Lipinski definition) is 1. The van der Waals surface area contributed by atoms with E-state index >= 15 is 0 Å². The molecule has 0 aliphatic heterocycles. The Balaban J connectivity index is 1.75. The van der Waals surface area contributed by atoms with Gasteiger partial charge in [-0.3, -0.25) is 4.79 Å². The van der Waals surface area contributed by atoms with Crippen LogP contribution in [0.4, 0.5) is 0 Å². The van der Waals surface area contributed by atoms with E-state index in [1.807, 2.05) is 12.1 Å². The highest BCUT2D eigenvalue weighted by atomic mass is 31.2. The van der Waals surface area contributed by atoms with Gasteiger partial charge in [-0.2, -0.15) is 0 Å². The summed E-state index contributed by atoms with van der Waals surface area (Å²) in [5.41, 5.74) is 2.07. The first-order chi connectivity index (χ1) is 15.6. The van der Waals surface area contributed by atoms with Crippen molar-refractivity contribution in [2.45, 2.75) is 26.2 Å². The highest BCUT2D eigenvalue weighted by molar-refractivity contribution is 7.95. The molecule has 4 aromatic rings. The first-order valence-electron chi connectivity index (χ1n) is 11.3. The maximum Gasteiger partial charge on any atom is 0.166 e. The van der Waals surface area contributed by atoms with Gasteiger partial charge in [0.15, 0.2) is 5.78 Å². The minimum Gasteiger partial charge on any atom is -0.294 e. The third-order valence-electron chi connectivity index (χ3n) is 6.16. The van der Waals surface area contributed by atoms with Crippen molar-refractivity contribution in [2.24, 2.45) is 0 Å². The van der Waals surface area contributed by atoms with Crippen molar-refractivity contribution in [3.8, 4) is 0 Å². The number of rotatable bonds is 8. The molecule has 0 radical (unpaired) electrons. The van der Waals surface area contributed by atoms with Crippen LogP contribution in [0.15, 0.2) is 115 Å². The largest absolute Gasteiger partial charge is 0.294 e. The van der Waals surface area contributed by atoms with Crippen LogP contribution in [0.3, 0.4) is 0 Å². The third kappa shape index (κ3) is 4.59. The number of hydrogen-bond donors (Lipinski definition) is 0. The maximum atomic E-state index is 13.3. The van der Waals surface area contributed by atoms with Crippen molar-refractivity contribution in [1.29, 1.82) is 0 Å². The van der Waals surface area contributed by atoms with Crippen LogP contribution in [0.5, 0.6) is 0 Å². The SMILES string of the molecule is CC(C)c1ccc(C(=O)CC[P+](c2ccccc2)(c2ccccc2)c2ccccc2)cc1. The van der Waals surface area contributed by atoms with Crippen LogP contribution in [-0.4, -0.2) is 11.9 Å². The molecule has 0 atom stereocenters. The fourth-order valence-corrected chi connectivity index (χ4v) is 8.60. The molecule has 0 fully saturated rings. The van der Waals surface area contributed by atoms with E-state index < -0.39 is 7.26 Å². The van der Waals surface area contributed by atoms with Gasteiger partial charge in [0, 0.05) is 12.0 Å². The Morgan fingerprint density at radius 1 is 0.625 bits per heavy atom. The summed E-state index contributed by atoms with van der Waals surface area (Å²) in [5.74, 6) is 0.680. The summed E-state index contributed by atoms with van der Waals surface area (Å²) in [7, 11) is -1.97. The lowest BCUT2D eigenvalue weighted by atomic mass is 10.00. The Hall–Kier alpha value is -3.02. The molecule has 0 saturated carbocycles. The molecule has 32 heavy (non-hydrogen) atoms. The number of carbonyl (C=O) groups is 1. The maximum absolute atomic E-state index is 13.3. The highest BCUT2D eigenvalue weighted by Gasteiger charge is 2.45. The lowest BCUT2D eigenvalue weighted by Gasteiger charge is -2.27. The second kappa shape index (κ2) is 10.1. The average molecular weight is 438 g/mol. The fraction of sp³-hybridized carbons (Fsp3) is 0.167. The monoisotopic (exact) mass is 437 g/mol. The Bertz CT molecular complexity index is 1040. The van der Waals surface area contributed by atoms with Gasteiger partial charge in [0.2, 0.25) is 0 Å². The molecule has 1 nitrogen and oxygen atoms in total. The molecular weight excluding hydrogens is 407 g/mol. The fourth-order valence-electron chi connectivity index (χ4n) is 4.35. The van der Waals surface area contributed by atoms with Gasteiger partial charge in [0.05, 0.1) is 6.16 Å². The van der Waals surface area contributed by atoms with E-state index in [2.05, 4.69) is 117 Å². The van der Waals surface area contributed by atoms with Gasteiger partial charge in [-0.05, 0) is 47.9 Å². The van der Waals surface area contributed by atoms with Crippen LogP contribution < -0.4 is 15.9 Å². The predicted molar refractivity (Wildman–Crippen MR) is 139 cm³/mol. The highest BCUT2D eigenvalue weighted by Crippen LogP contribution is 2.55. The van der Waals surface area contributed by atoms with Crippen molar-refractivity contribution in [3.05, 3.63) is 126 Å². The molecule has 0 amide bonds. The summed E-state index contributed by atoms with van der Waals surface area (Å²) in [6.45, 7) is 4.35. The van der Waals surface area contributed by atoms with Gasteiger partial charge in [-0.25, -0.2) is 0 Å². The summed E-state index contributed by atoms with van der Waals surface area (Å²) < 4.78 is 0. The minimum absolute atomic E-state index is 0.215. The van der Waals surface area contributed by atoms with Crippen LogP contribution in [-0.2, 0) is 0 Å². The predicted octanol–water partition coefficient (Wildman–Crippen LogP) is 6.38. The first-order valence-corrected chi connectivity index (χ1v) is 13.3.